The number of H-pyrrole nitrogens is 1. The Morgan fingerprint density at radius 1 is 0.718 bits per heavy atom. The fourth-order valence-corrected chi connectivity index (χ4v) is 7.72. The third-order valence-corrected chi connectivity index (χ3v) is 9.98. The van der Waals surface area contributed by atoms with Crippen LogP contribution in [0.15, 0.2) is 91.0 Å². The van der Waals surface area contributed by atoms with Gasteiger partial charge in [0.1, 0.15) is 0 Å². The number of fused-ring (bicyclic) bond motifs is 9. The Bertz CT molecular complexity index is 2110. The van der Waals surface area contributed by atoms with Crippen LogP contribution in [0.3, 0.4) is 0 Å². The molecule has 0 saturated heterocycles. The minimum absolute atomic E-state index is 0.0740. The van der Waals surface area contributed by atoms with Crippen LogP contribution in [0, 0.1) is 5.92 Å². The second kappa shape index (κ2) is 7.54. The van der Waals surface area contributed by atoms with Crippen LogP contribution in [0.4, 0.5) is 0 Å². The van der Waals surface area contributed by atoms with Gasteiger partial charge in [-0.25, -0.2) is 0 Å². The highest BCUT2D eigenvalue weighted by Gasteiger charge is 2.43. The normalized spacial score (nSPS) is 18.4. The van der Waals surface area contributed by atoms with Crippen LogP contribution in [-0.4, -0.2) is 9.55 Å². The molecule has 192 valence electrons. The van der Waals surface area contributed by atoms with Crippen LogP contribution in [0.5, 0.6) is 0 Å². The summed E-state index contributed by atoms with van der Waals surface area (Å²) in [5, 5.41) is 7.72. The minimum atomic E-state index is 0.0740. The zero-order valence-electron chi connectivity index (χ0n) is 23.4. The minimum Gasteiger partial charge on any atom is -0.353 e. The lowest BCUT2D eigenvalue weighted by molar-refractivity contribution is 0.233. The molecule has 0 amide bonds. The van der Waals surface area contributed by atoms with E-state index in [1.165, 1.54) is 77.6 Å². The van der Waals surface area contributed by atoms with E-state index in [1.807, 2.05) is 0 Å². The summed E-state index contributed by atoms with van der Waals surface area (Å²) >= 11 is 0. The highest BCUT2D eigenvalue weighted by atomic mass is 15.0. The largest absolute Gasteiger partial charge is 0.353 e. The molecule has 0 radical (unpaired) electrons. The van der Waals surface area contributed by atoms with Gasteiger partial charge in [0.05, 0.1) is 22.2 Å². The molecule has 1 aliphatic carbocycles. The van der Waals surface area contributed by atoms with Crippen LogP contribution in [-0.2, 0) is 10.8 Å². The summed E-state index contributed by atoms with van der Waals surface area (Å²) in [4.78, 5) is 3.89. The van der Waals surface area contributed by atoms with Crippen molar-refractivity contribution in [3.05, 3.63) is 102 Å². The van der Waals surface area contributed by atoms with Gasteiger partial charge < -0.3 is 9.55 Å². The number of hydrogen-bond acceptors (Lipinski definition) is 0. The van der Waals surface area contributed by atoms with Crippen molar-refractivity contribution in [2.45, 2.75) is 51.9 Å². The summed E-state index contributed by atoms with van der Waals surface area (Å²) < 4.78 is 2.56. The molecular weight excluding hydrogens is 472 g/mol. The van der Waals surface area contributed by atoms with Crippen LogP contribution >= 0.6 is 0 Å². The molecule has 0 bridgehead atoms. The monoisotopic (exact) mass is 506 g/mol. The summed E-state index contributed by atoms with van der Waals surface area (Å²) in [7, 11) is 0. The van der Waals surface area contributed by atoms with Crippen LogP contribution in [0.1, 0.15) is 52.2 Å². The van der Waals surface area contributed by atoms with E-state index >= 15 is 0 Å². The standard InChI is InChI=1S/C37H34N2/c1-22-21-36(2,3)33-29(37(22,4)5)14-10-16-32(33)39-31-15-9-8-13-25(31)27-18-17-26-28-19-23-11-6-7-12-24(23)20-30(28)38-34(26)35(27)39/h6-20,22,38H,21H2,1-5H3. The number of benzene rings is 5. The number of nitrogens with one attached hydrogen (secondary N) is 1. The lowest BCUT2D eigenvalue weighted by Gasteiger charge is -2.47. The maximum Gasteiger partial charge on any atom is 0.0783 e. The topological polar surface area (TPSA) is 20.7 Å². The lowest BCUT2D eigenvalue weighted by atomic mass is 9.58. The Balaban J connectivity index is 1.56. The molecule has 1 N–H and O–H groups in total. The average Bonchev–Trinajstić information content (AvgIpc) is 3.45. The molecule has 1 atom stereocenters. The lowest BCUT2D eigenvalue weighted by Crippen LogP contribution is -2.41. The van der Waals surface area contributed by atoms with Gasteiger partial charge in [0.15, 0.2) is 0 Å². The van der Waals surface area contributed by atoms with E-state index in [9.17, 15) is 0 Å². The van der Waals surface area contributed by atoms with E-state index in [-0.39, 0.29) is 10.8 Å². The van der Waals surface area contributed by atoms with Gasteiger partial charge in [0.25, 0.3) is 0 Å². The fourth-order valence-electron chi connectivity index (χ4n) is 7.72. The van der Waals surface area contributed by atoms with Gasteiger partial charge in [-0.05, 0) is 69.3 Å². The smallest absolute Gasteiger partial charge is 0.0783 e. The van der Waals surface area contributed by atoms with Crippen molar-refractivity contribution >= 4 is 54.4 Å². The fraction of sp³-hybridized carbons (Fsp3) is 0.243. The Morgan fingerprint density at radius 2 is 1.44 bits per heavy atom. The van der Waals surface area contributed by atoms with Gasteiger partial charge >= 0.3 is 0 Å². The summed E-state index contributed by atoms with van der Waals surface area (Å²) in [6.07, 6.45) is 1.18. The van der Waals surface area contributed by atoms with Crippen molar-refractivity contribution in [3.63, 3.8) is 0 Å². The Morgan fingerprint density at radius 3 is 2.26 bits per heavy atom. The quantitative estimate of drug-likeness (QED) is 0.229. The summed E-state index contributed by atoms with van der Waals surface area (Å²) in [5.74, 6) is 0.614. The number of para-hydroxylation sites is 1. The molecule has 0 fully saturated rings. The van der Waals surface area contributed by atoms with E-state index in [0.29, 0.717) is 5.92 Å². The number of nitrogens with zero attached hydrogens (tertiary/aromatic N) is 1. The van der Waals surface area contributed by atoms with Crippen LogP contribution in [0.25, 0.3) is 60.1 Å². The van der Waals surface area contributed by atoms with Gasteiger partial charge in [-0.3, -0.25) is 0 Å². The molecule has 1 unspecified atom stereocenters. The van der Waals surface area contributed by atoms with Crippen LogP contribution < -0.4 is 0 Å². The molecule has 2 heterocycles. The van der Waals surface area contributed by atoms with E-state index in [0.717, 1.165) is 0 Å². The molecule has 1 aliphatic rings. The van der Waals surface area contributed by atoms with Gasteiger partial charge in [0, 0.05) is 27.1 Å². The zero-order chi connectivity index (χ0) is 26.7. The maximum absolute atomic E-state index is 3.89. The molecule has 7 aromatic rings. The molecule has 39 heavy (non-hydrogen) atoms. The molecule has 5 aromatic carbocycles. The zero-order valence-corrected chi connectivity index (χ0v) is 23.4. The molecule has 2 nitrogen and oxygen atoms in total. The van der Waals surface area contributed by atoms with Crippen molar-refractivity contribution in [2.75, 3.05) is 0 Å². The third-order valence-electron chi connectivity index (χ3n) is 9.98. The first-order valence-corrected chi connectivity index (χ1v) is 14.3. The number of hydrogen-bond donors (Lipinski definition) is 1. The van der Waals surface area contributed by atoms with Gasteiger partial charge in [0.2, 0.25) is 0 Å². The number of aromatic nitrogens is 2. The molecule has 0 saturated carbocycles. The van der Waals surface area contributed by atoms with Gasteiger partial charge in [-0.15, -0.1) is 0 Å². The summed E-state index contributed by atoms with van der Waals surface area (Å²) in [5.41, 5.74) is 9.45. The summed E-state index contributed by atoms with van der Waals surface area (Å²) in [6.45, 7) is 12.2. The van der Waals surface area contributed by atoms with E-state index in [1.54, 1.807) is 0 Å². The van der Waals surface area contributed by atoms with Crippen molar-refractivity contribution < 1.29 is 0 Å². The van der Waals surface area contributed by atoms with Crippen LogP contribution in [0.2, 0.25) is 0 Å². The van der Waals surface area contributed by atoms with E-state index in [4.69, 9.17) is 0 Å². The molecule has 8 rings (SSSR count). The maximum atomic E-state index is 3.89. The van der Waals surface area contributed by atoms with E-state index in [2.05, 4.69) is 135 Å². The van der Waals surface area contributed by atoms with Crippen molar-refractivity contribution in [1.82, 2.24) is 9.55 Å². The predicted molar refractivity (Wildman–Crippen MR) is 167 cm³/mol. The Kier molecular flexibility index (Phi) is 4.43. The first-order valence-electron chi connectivity index (χ1n) is 14.3. The van der Waals surface area contributed by atoms with Crippen molar-refractivity contribution in [2.24, 2.45) is 5.92 Å². The molecule has 0 aliphatic heterocycles. The average molecular weight is 507 g/mol. The second-order valence-electron chi connectivity index (χ2n) is 13.0. The molecular formula is C37H34N2. The summed E-state index contributed by atoms with van der Waals surface area (Å²) in [6, 6.07) is 33.9. The Hall–Kier alpha value is -4.04. The van der Waals surface area contributed by atoms with Gasteiger partial charge in [-0.1, -0.05) is 101 Å². The third kappa shape index (κ3) is 2.98. The second-order valence-corrected chi connectivity index (χ2v) is 13.0. The molecule has 0 spiro atoms. The van der Waals surface area contributed by atoms with Gasteiger partial charge in [-0.2, -0.15) is 0 Å². The molecule has 2 aromatic heterocycles. The SMILES string of the molecule is CC1CC(C)(C)c2c(-n3c4ccccc4c4ccc5c6cc7ccccc7cc6[nH]c5c43)cccc2C1(C)C. The van der Waals surface area contributed by atoms with E-state index < -0.39 is 0 Å². The Labute approximate surface area is 229 Å². The predicted octanol–water partition coefficient (Wildman–Crippen LogP) is 10.2. The van der Waals surface area contributed by atoms with Crippen molar-refractivity contribution in [1.29, 1.82) is 0 Å². The first kappa shape index (κ1) is 22.9. The highest BCUT2D eigenvalue weighted by Crippen LogP contribution is 2.52. The molecule has 2 heteroatoms. The van der Waals surface area contributed by atoms with Crippen molar-refractivity contribution in [3.8, 4) is 5.69 Å². The number of rotatable bonds is 1. The highest BCUT2D eigenvalue weighted by molar-refractivity contribution is 6.23. The first-order chi connectivity index (χ1) is 18.8. The number of aromatic amines is 1.